The molecule has 1 saturated heterocycles. The molecule has 0 amide bonds. The van der Waals surface area contributed by atoms with E-state index >= 15 is 0 Å². The number of methoxy groups -OCH3 is 1. The van der Waals surface area contributed by atoms with Gasteiger partial charge >= 0.3 is 5.97 Å². The van der Waals surface area contributed by atoms with Gasteiger partial charge in [-0.3, -0.25) is 0 Å². The summed E-state index contributed by atoms with van der Waals surface area (Å²) < 4.78 is 5.18. The summed E-state index contributed by atoms with van der Waals surface area (Å²) in [4.78, 5) is 13.6. The number of likely N-dealkylation sites (tertiary alicyclic amines) is 1. The van der Waals surface area contributed by atoms with Gasteiger partial charge in [0.15, 0.2) is 0 Å². The van der Waals surface area contributed by atoms with E-state index in [1.165, 1.54) is 0 Å². The smallest absolute Gasteiger partial charge is 0.337 e. The number of anilines is 1. The van der Waals surface area contributed by atoms with Crippen LogP contribution in [-0.2, 0) is 0 Å². The zero-order valence-corrected chi connectivity index (χ0v) is 12.2. The second-order valence-electron chi connectivity index (χ2n) is 5.41. The lowest BCUT2D eigenvalue weighted by Crippen LogP contribution is -2.42. The quantitative estimate of drug-likeness (QED) is 0.885. The number of rotatable bonds is 4. The second-order valence-corrected chi connectivity index (χ2v) is 5.41. The van der Waals surface area contributed by atoms with Crippen LogP contribution in [-0.4, -0.2) is 48.8 Å². The molecule has 5 nitrogen and oxygen atoms in total. The van der Waals surface area contributed by atoms with Crippen LogP contribution in [0, 0.1) is 0 Å². The zero-order valence-electron chi connectivity index (χ0n) is 12.2. The SMILES string of the molecule is COc1ccc(C(=O)O)c(NC2CCN(C)C(C)C2)c1. The molecule has 20 heavy (non-hydrogen) atoms. The van der Waals surface area contributed by atoms with Gasteiger partial charge in [0.2, 0.25) is 0 Å². The highest BCUT2D eigenvalue weighted by molar-refractivity contribution is 5.94. The first-order chi connectivity index (χ1) is 9.51. The minimum absolute atomic E-state index is 0.289. The Morgan fingerprint density at radius 3 is 2.85 bits per heavy atom. The fraction of sp³-hybridized carbons (Fsp3) is 0.533. The first kappa shape index (κ1) is 14.7. The second kappa shape index (κ2) is 6.13. The number of hydrogen-bond acceptors (Lipinski definition) is 4. The number of carboxylic acids is 1. The van der Waals surface area contributed by atoms with Gasteiger partial charge in [0.25, 0.3) is 0 Å². The standard InChI is InChI=1S/C15H22N2O3/c1-10-8-11(6-7-17(10)2)16-14-9-12(20-3)4-5-13(14)15(18)19/h4-5,9-11,16H,6-8H2,1-3H3,(H,18,19). The van der Waals surface area contributed by atoms with Crippen molar-refractivity contribution in [3.8, 4) is 5.75 Å². The molecule has 1 aromatic carbocycles. The minimum atomic E-state index is -0.920. The van der Waals surface area contributed by atoms with Crippen LogP contribution in [0.25, 0.3) is 0 Å². The molecule has 0 aromatic heterocycles. The third-order valence-electron chi connectivity index (χ3n) is 4.03. The molecule has 0 aliphatic carbocycles. The third kappa shape index (κ3) is 3.22. The van der Waals surface area contributed by atoms with E-state index < -0.39 is 5.97 Å². The molecule has 0 spiro atoms. The predicted octanol–water partition coefficient (Wildman–Crippen LogP) is 2.29. The molecule has 1 aromatic rings. The molecule has 0 saturated carbocycles. The summed E-state index contributed by atoms with van der Waals surface area (Å²) in [5.41, 5.74) is 0.927. The van der Waals surface area contributed by atoms with Crippen molar-refractivity contribution in [2.75, 3.05) is 26.0 Å². The number of hydrogen-bond donors (Lipinski definition) is 2. The number of nitrogens with zero attached hydrogens (tertiary/aromatic N) is 1. The Morgan fingerprint density at radius 2 is 2.25 bits per heavy atom. The Kier molecular flexibility index (Phi) is 4.49. The average Bonchev–Trinajstić information content (AvgIpc) is 2.42. The van der Waals surface area contributed by atoms with Gasteiger partial charge < -0.3 is 20.1 Å². The predicted molar refractivity (Wildman–Crippen MR) is 78.7 cm³/mol. The Hall–Kier alpha value is -1.75. The minimum Gasteiger partial charge on any atom is -0.497 e. The van der Waals surface area contributed by atoms with Crippen LogP contribution < -0.4 is 10.1 Å². The first-order valence-corrected chi connectivity index (χ1v) is 6.89. The Bertz CT molecular complexity index is 490. The third-order valence-corrected chi connectivity index (χ3v) is 4.03. The number of ether oxygens (including phenoxy) is 1. The molecule has 2 rings (SSSR count). The lowest BCUT2D eigenvalue weighted by molar-refractivity contribution is 0.0698. The Balaban J connectivity index is 2.17. The van der Waals surface area contributed by atoms with Gasteiger partial charge in [0.1, 0.15) is 5.75 Å². The highest BCUT2D eigenvalue weighted by atomic mass is 16.5. The summed E-state index contributed by atoms with van der Waals surface area (Å²) in [6.45, 7) is 3.21. The molecule has 2 atom stereocenters. The molecule has 2 N–H and O–H groups in total. The van der Waals surface area contributed by atoms with E-state index in [9.17, 15) is 9.90 Å². The Labute approximate surface area is 119 Å². The van der Waals surface area contributed by atoms with E-state index in [1.807, 2.05) is 0 Å². The number of carbonyl (C=O) groups is 1. The van der Waals surface area contributed by atoms with E-state index in [4.69, 9.17) is 4.74 Å². The summed E-state index contributed by atoms with van der Waals surface area (Å²) in [6.07, 6.45) is 2.02. The van der Waals surface area contributed by atoms with Gasteiger partial charge in [-0.1, -0.05) is 0 Å². The summed E-state index contributed by atoms with van der Waals surface area (Å²) in [6, 6.07) is 5.81. The largest absolute Gasteiger partial charge is 0.497 e. The van der Waals surface area contributed by atoms with Gasteiger partial charge in [0.05, 0.1) is 18.4 Å². The average molecular weight is 278 g/mol. The lowest BCUT2D eigenvalue weighted by atomic mass is 9.98. The van der Waals surface area contributed by atoms with Crippen molar-refractivity contribution < 1.29 is 14.6 Å². The van der Waals surface area contributed by atoms with Gasteiger partial charge in [-0.05, 0) is 38.9 Å². The lowest BCUT2D eigenvalue weighted by Gasteiger charge is -2.36. The maximum Gasteiger partial charge on any atom is 0.337 e. The number of aromatic carboxylic acids is 1. The van der Waals surface area contributed by atoms with Crippen molar-refractivity contribution in [3.63, 3.8) is 0 Å². The summed E-state index contributed by atoms with van der Waals surface area (Å²) in [5, 5.41) is 12.6. The van der Waals surface area contributed by atoms with Crippen molar-refractivity contribution in [1.82, 2.24) is 4.90 Å². The van der Waals surface area contributed by atoms with Gasteiger partial charge in [-0.15, -0.1) is 0 Å². The van der Waals surface area contributed by atoms with Gasteiger partial charge in [0, 0.05) is 24.7 Å². The fourth-order valence-electron chi connectivity index (χ4n) is 2.60. The van der Waals surface area contributed by atoms with Crippen LogP contribution in [0.5, 0.6) is 5.75 Å². The van der Waals surface area contributed by atoms with Crippen LogP contribution in [0.1, 0.15) is 30.1 Å². The van der Waals surface area contributed by atoms with Crippen LogP contribution >= 0.6 is 0 Å². The van der Waals surface area contributed by atoms with E-state index in [-0.39, 0.29) is 5.56 Å². The maximum atomic E-state index is 11.3. The molecule has 2 unspecified atom stereocenters. The molecular formula is C15H22N2O3. The Morgan fingerprint density at radius 1 is 1.50 bits per heavy atom. The van der Waals surface area contributed by atoms with Crippen LogP contribution in [0.3, 0.4) is 0 Å². The van der Waals surface area contributed by atoms with Crippen molar-refractivity contribution in [2.24, 2.45) is 0 Å². The highest BCUT2D eigenvalue weighted by Gasteiger charge is 2.24. The summed E-state index contributed by atoms with van der Waals surface area (Å²) >= 11 is 0. The molecule has 1 fully saturated rings. The number of nitrogens with one attached hydrogen (secondary N) is 1. The van der Waals surface area contributed by atoms with Crippen LogP contribution in [0.15, 0.2) is 18.2 Å². The molecule has 0 bridgehead atoms. The van der Waals surface area contributed by atoms with E-state index in [1.54, 1.807) is 25.3 Å². The van der Waals surface area contributed by atoms with Crippen LogP contribution in [0.4, 0.5) is 5.69 Å². The summed E-state index contributed by atoms with van der Waals surface area (Å²) in [5.74, 6) is -0.255. The van der Waals surface area contributed by atoms with E-state index in [2.05, 4.69) is 24.2 Å². The first-order valence-electron chi connectivity index (χ1n) is 6.89. The van der Waals surface area contributed by atoms with E-state index in [0.717, 1.165) is 19.4 Å². The van der Waals surface area contributed by atoms with Crippen molar-refractivity contribution in [3.05, 3.63) is 23.8 Å². The molecular weight excluding hydrogens is 256 g/mol. The summed E-state index contributed by atoms with van der Waals surface area (Å²) in [7, 11) is 3.70. The molecule has 1 aliphatic rings. The van der Waals surface area contributed by atoms with Gasteiger partial charge in [-0.2, -0.15) is 0 Å². The topological polar surface area (TPSA) is 61.8 Å². The monoisotopic (exact) mass is 278 g/mol. The molecule has 5 heteroatoms. The van der Waals surface area contributed by atoms with Crippen LogP contribution in [0.2, 0.25) is 0 Å². The number of piperidine rings is 1. The van der Waals surface area contributed by atoms with Gasteiger partial charge in [-0.25, -0.2) is 4.79 Å². The molecule has 1 aliphatic heterocycles. The fourth-order valence-corrected chi connectivity index (χ4v) is 2.60. The number of carboxylic acid groups (broad SMARTS) is 1. The van der Waals surface area contributed by atoms with Crippen molar-refractivity contribution in [1.29, 1.82) is 0 Å². The van der Waals surface area contributed by atoms with Crippen molar-refractivity contribution >= 4 is 11.7 Å². The molecule has 110 valence electrons. The number of benzene rings is 1. The highest BCUT2D eigenvalue weighted by Crippen LogP contribution is 2.26. The molecule has 1 heterocycles. The van der Waals surface area contributed by atoms with Crippen molar-refractivity contribution in [2.45, 2.75) is 31.8 Å². The van der Waals surface area contributed by atoms with E-state index in [0.29, 0.717) is 23.5 Å². The normalized spacial score (nSPS) is 23.4. The molecule has 0 radical (unpaired) electrons. The maximum absolute atomic E-state index is 11.3. The zero-order chi connectivity index (χ0) is 14.7.